The van der Waals surface area contributed by atoms with Crippen LogP contribution in [0.3, 0.4) is 0 Å². The van der Waals surface area contributed by atoms with Gasteiger partial charge in [0.25, 0.3) is 0 Å². The van der Waals surface area contributed by atoms with Gasteiger partial charge in [-0.2, -0.15) is 0 Å². The lowest BCUT2D eigenvalue weighted by molar-refractivity contribution is 0.142. The van der Waals surface area contributed by atoms with Gasteiger partial charge in [0.1, 0.15) is 0 Å². The molecule has 2 nitrogen and oxygen atoms in total. The van der Waals surface area contributed by atoms with Gasteiger partial charge in [-0.15, -0.1) is 0 Å². The van der Waals surface area contributed by atoms with E-state index in [1.165, 1.54) is 51.6 Å². The van der Waals surface area contributed by atoms with E-state index in [-0.39, 0.29) is 0 Å². The molecule has 0 radical (unpaired) electrons. The summed E-state index contributed by atoms with van der Waals surface area (Å²) in [5.41, 5.74) is 0. The van der Waals surface area contributed by atoms with E-state index in [2.05, 4.69) is 37.7 Å². The molecule has 3 heterocycles. The molecule has 0 saturated carbocycles. The minimum atomic E-state index is 0.939. The number of piperidine rings is 2. The average Bonchev–Trinajstić information content (AvgIpc) is 2.57. The first-order valence-electron chi connectivity index (χ1n) is 7.96. The minimum absolute atomic E-state index is 0.939. The fraction of sp³-hybridized carbons (Fsp3) is 1.00. The summed E-state index contributed by atoms with van der Waals surface area (Å²) >= 11 is 0. The number of hydrogen-bond donors (Lipinski definition) is 0. The molecule has 3 aliphatic heterocycles. The first-order valence-corrected chi connectivity index (χ1v) is 7.96. The van der Waals surface area contributed by atoms with Crippen LogP contribution in [0.4, 0.5) is 0 Å². The summed E-state index contributed by atoms with van der Waals surface area (Å²) < 4.78 is 0. The molecular weight excluding hydrogens is 220 g/mol. The molecule has 2 heteroatoms. The molecule has 2 bridgehead atoms. The van der Waals surface area contributed by atoms with Gasteiger partial charge in [-0.3, -0.25) is 0 Å². The van der Waals surface area contributed by atoms with Gasteiger partial charge in [0, 0.05) is 12.1 Å². The molecule has 0 spiro atoms. The highest BCUT2D eigenvalue weighted by Crippen LogP contribution is 2.36. The quantitative estimate of drug-likeness (QED) is 0.653. The maximum Gasteiger partial charge on any atom is 0.00982 e. The standard InChI is InChI=1S/C9H17N.C7H15N/c1-7-5-8-3-4-9(6-7)10(8)2;1-7-3-5-8(2)6-4-7/h7-9H,3-6H2,1-2H3;7H,3-6H2,1-2H3. The number of rotatable bonds is 0. The molecule has 0 amide bonds. The summed E-state index contributed by atoms with van der Waals surface area (Å²) in [7, 11) is 4.50. The monoisotopic (exact) mass is 252 g/mol. The Kier molecular flexibility index (Phi) is 5.08. The summed E-state index contributed by atoms with van der Waals surface area (Å²) in [6, 6.07) is 1.88. The fourth-order valence-electron chi connectivity index (χ4n) is 3.82. The molecule has 0 aromatic carbocycles. The second-order valence-corrected chi connectivity index (χ2v) is 7.11. The molecule has 3 aliphatic rings. The van der Waals surface area contributed by atoms with Crippen LogP contribution in [0.5, 0.6) is 0 Å². The van der Waals surface area contributed by atoms with Gasteiger partial charge in [0.05, 0.1) is 0 Å². The molecule has 2 atom stereocenters. The van der Waals surface area contributed by atoms with Crippen LogP contribution in [0, 0.1) is 11.8 Å². The molecule has 0 aromatic heterocycles. The Bertz CT molecular complexity index is 221. The third-order valence-electron chi connectivity index (χ3n) is 5.34. The van der Waals surface area contributed by atoms with E-state index in [0.29, 0.717) is 0 Å². The zero-order valence-corrected chi connectivity index (χ0v) is 12.9. The first kappa shape index (κ1) is 14.3. The van der Waals surface area contributed by atoms with Crippen molar-refractivity contribution in [3.8, 4) is 0 Å². The van der Waals surface area contributed by atoms with Gasteiger partial charge in [-0.1, -0.05) is 13.8 Å². The Morgan fingerprint density at radius 2 is 1.22 bits per heavy atom. The second-order valence-electron chi connectivity index (χ2n) is 7.11. The maximum atomic E-state index is 2.60. The van der Waals surface area contributed by atoms with E-state index in [9.17, 15) is 0 Å². The van der Waals surface area contributed by atoms with E-state index in [1.807, 2.05) is 0 Å². The molecule has 3 rings (SSSR count). The number of likely N-dealkylation sites (tertiary alicyclic amines) is 1. The highest BCUT2D eigenvalue weighted by atomic mass is 15.2. The van der Waals surface area contributed by atoms with E-state index >= 15 is 0 Å². The van der Waals surface area contributed by atoms with Crippen molar-refractivity contribution in [2.24, 2.45) is 11.8 Å². The predicted octanol–water partition coefficient (Wildman–Crippen LogP) is 3.23. The summed E-state index contributed by atoms with van der Waals surface area (Å²) in [5, 5.41) is 0. The Labute approximate surface area is 114 Å². The van der Waals surface area contributed by atoms with Crippen molar-refractivity contribution >= 4 is 0 Å². The van der Waals surface area contributed by atoms with Crippen LogP contribution in [0.2, 0.25) is 0 Å². The second kappa shape index (κ2) is 6.38. The highest BCUT2D eigenvalue weighted by Gasteiger charge is 2.36. The Morgan fingerprint density at radius 1 is 0.722 bits per heavy atom. The van der Waals surface area contributed by atoms with Gasteiger partial charge in [-0.25, -0.2) is 0 Å². The SMILES string of the molecule is CC1CC2CCC(C1)N2C.CC1CCN(C)CC1. The Morgan fingerprint density at radius 3 is 1.67 bits per heavy atom. The molecular formula is C16H32N2. The van der Waals surface area contributed by atoms with Gasteiger partial charge < -0.3 is 9.80 Å². The van der Waals surface area contributed by atoms with Crippen molar-refractivity contribution in [1.82, 2.24) is 9.80 Å². The van der Waals surface area contributed by atoms with Gasteiger partial charge in [0.2, 0.25) is 0 Å². The molecule has 106 valence electrons. The molecule has 0 aliphatic carbocycles. The van der Waals surface area contributed by atoms with E-state index in [4.69, 9.17) is 0 Å². The lowest BCUT2D eigenvalue weighted by atomic mass is 9.93. The van der Waals surface area contributed by atoms with Crippen LogP contribution in [-0.2, 0) is 0 Å². The summed E-state index contributed by atoms with van der Waals surface area (Å²) in [6.07, 6.45) is 8.63. The van der Waals surface area contributed by atoms with Gasteiger partial charge in [-0.05, 0) is 77.5 Å². The molecule has 3 fully saturated rings. The highest BCUT2D eigenvalue weighted by molar-refractivity contribution is 4.91. The van der Waals surface area contributed by atoms with Crippen LogP contribution in [0.25, 0.3) is 0 Å². The summed E-state index contributed by atoms with van der Waals surface area (Å²) in [4.78, 5) is 5.00. The Hall–Kier alpha value is -0.0800. The summed E-state index contributed by atoms with van der Waals surface area (Å²) in [5.74, 6) is 1.97. The Balaban J connectivity index is 0.000000138. The largest absolute Gasteiger partial charge is 0.306 e. The molecule has 0 N–H and O–H groups in total. The molecule has 3 saturated heterocycles. The van der Waals surface area contributed by atoms with E-state index in [1.54, 1.807) is 0 Å². The van der Waals surface area contributed by atoms with Crippen molar-refractivity contribution in [2.75, 3.05) is 27.2 Å². The zero-order valence-electron chi connectivity index (χ0n) is 12.9. The topological polar surface area (TPSA) is 6.48 Å². The van der Waals surface area contributed by atoms with Crippen molar-refractivity contribution < 1.29 is 0 Å². The van der Waals surface area contributed by atoms with Crippen molar-refractivity contribution in [2.45, 2.75) is 64.5 Å². The lowest BCUT2D eigenvalue weighted by Crippen LogP contribution is -2.39. The van der Waals surface area contributed by atoms with Crippen LogP contribution in [0.1, 0.15) is 52.4 Å². The maximum absolute atomic E-state index is 2.60. The van der Waals surface area contributed by atoms with Crippen LogP contribution in [-0.4, -0.2) is 49.1 Å². The average molecular weight is 252 g/mol. The zero-order chi connectivity index (χ0) is 13.1. The lowest BCUT2D eigenvalue weighted by Gasteiger charge is -2.34. The van der Waals surface area contributed by atoms with Gasteiger partial charge >= 0.3 is 0 Å². The predicted molar refractivity (Wildman–Crippen MR) is 78.9 cm³/mol. The van der Waals surface area contributed by atoms with Crippen molar-refractivity contribution in [1.29, 1.82) is 0 Å². The van der Waals surface area contributed by atoms with Crippen molar-refractivity contribution in [3.63, 3.8) is 0 Å². The smallest absolute Gasteiger partial charge is 0.00982 e. The first-order chi connectivity index (χ1) is 8.56. The van der Waals surface area contributed by atoms with E-state index < -0.39 is 0 Å². The van der Waals surface area contributed by atoms with Crippen LogP contribution < -0.4 is 0 Å². The van der Waals surface area contributed by atoms with Crippen molar-refractivity contribution in [3.05, 3.63) is 0 Å². The summed E-state index contributed by atoms with van der Waals surface area (Å²) in [6.45, 7) is 7.35. The van der Waals surface area contributed by atoms with Gasteiger partial charge in [0.15, 0.2) is 0 Å². The molecule has 2 unspecified atom stereocenters. The number of nitrogens with zero attached hydrogens (tertiary/aromatic N) is 2. The third-order valence-corrected chi connectivity index (χ3v) is 5.34. The van der Waals surface area contributed by atoms with Crippen LogP contribution in [0.15, 0.2) is 0 Å². The third kappa shape index (κ3) is 3.71. The van der Waals surface area contributed by atoms with E-state index in [0.717, 1.165) is 23.9 Å². The fourth-order valence-corrected chi connectivity index (χ4v) is 3.82. The normalized spacial score (nSPS) is 38.3. The number of fused-ring (bicyclic) bond motifs is 2. The molecule has 0 aromatic rings. The molecule has 18 heavy (non-hydrogen) atoms. The minimum Gasteiger partial charge on any atom is -0.306 e. The van der Waals surface area contributed by atoms with Crippen LogP contribution >= 0.6 is 0 Å². The number of hydrogen-bond acceptors (Lipinski definition) is 2.